The lowest BCUT2D eigenvalue weighted by atomic mass is 9.81. The van der Waals surface area contributed by atoms with Crippen molar-refractivity contribution in [1.82, 2.24) is 9.88 Å². The summed E-state index contributed by atoms with van der Waals surface area (Å²) in [5.74, 6) is -0.446. The first-order valence-electron chi connectivity index (χ1n) is 11.9. The van der Waals surface area contributed by atoms with Crippen molar-refractivity contribution >= 4 is 0 Å². The van der Waals surface area contributed by atoms with Crippen LogP contribution in [0.15, 0.2) is 72.9 Å². The van der Waals surface area contributed by atoms with E-state index in [1.807, 2.05) is 48.7 Å². The van der Waals surface area contributed by atoms with Crippen LogP contribution >= 0.6 is 0 Å². The van der Waals surface area contributed by atoms with Gasteiger partial charge < -0.3 is 4.74 Å². The van der Waals surface area contributed by atoms with E-state index in [-0.39, 0.29) is 16.5 Å². The van der Waals surface area contributed by atoms with Crippen LogP contribution in [-0.4, -0.2) is 29.6 Å². The molecular formula is C29H32FN3O. The topological polar surface area (TPSA) is 49.2 Å². The van der Waals surface area contributed by atoms with Crippen LogP contribution in [-0.2, 0) is 23.3 Å². The van der Waals surface area contributed by atoms with Gasteiger partial charge in [-0.25, -0.2) is 4.39 Å². The van der Waals surface area contributed by atoms with E-state index in [1.165, 1.54) is 6.07 Å². The van der Waals surface area contributed by atoms with Gasteiger partial charge in [0, 0.05) is 18.2 Å². The molecule has 0 aliphatic carbocycles. The summed E-state index contributed by atoms with van der Waals surface area (Å²) in [5.41, 5.74) is 3.00. The van der Waals surface area contributed by atoms with Crippen LogP contribution in [0.25, 0.3) is 0 Å². The second kappa shape index (κ2) is 10.5. The van der Waals surface area contributed by atoms with Crippen molar-refractivity contribution in [3.8, 4) is 6.07 Å². The van der Waals surface area contributed by atoms with Crippen LogP contribution < -0.4 is 0 Å². The van der Waals surface area contributed by atoms with Gasteiger partial charge in [-0.3, -0.25) is 9.88 Å². The minimum absolute atomic E-state index is 0.0365. The number of hydrogen-bond acceptors (Lipinski definition) is 4. The van der Waals surface area contributed by atoms with Crippen LogP contribution in [0.3, 0.4) is 0 Å². The number of benzene rings is 2. The highest BCUT2D eigenvalue weighted by Crippen LogP contribution is 2.41. The van der Waals surface area contributed by atoms with Gasteiger partial charge in [-0.1, -0.05) is 42.5 Å². The highest BCUT2D eigenvalue weighted by molar-refractivity contribution is 5.33. The van der Waals surface area contributed by atoms with E-state index in [0.717, 1.165) is 49.2 Å². The van der Waals surface area contributed by atoms with Gasteiger partial charge in [0.25, 0.3) is 0 Å². The summed E-state index contributed by atoms with van der Waals surface area (Å²) in [6, 6.07) is 23.1. The molecule has 1 saturated heterocycles. The largest absolute Gasteiger partial charge is 0.376 e. The van der Waals surface area contributed by atoms with Gasteiger partial charge in [0.2, 0.25) is 0 Å². The highest BCUT2D eigenvalue weighted by atomic mass is 19.1. The van der Waals surface area contributed by atoms with Crippen molar-refractivity contribution in [2.24, 2.45) is 5.41 Å². The standard InChI is InChI=1S/C29H32FN3O/c1-28(2,27-10-6-7-16-32-27)33-17-15-29(21-33,22-34-20-24-8-4-3-5-9-24)14-13-23-11-12-25(19-31)26(30)18-23/h3-12,16,18H,13-15,17,20-22H2,1-2H3/t29-/m1/s1. The van der Waals surface area contributed by atoms with Gasteiger partial charge in [-0.2, -0.15) is 5.26 Å². The molecule has 0 spiro atoms. The van der Waals surface area contributed by atoms with Gasteiger partial charge in [-0.05, 0) is 75.0 Å². The number of likely N-dealkylation sites (tertiary alicyclic amines) is 1. The van der Waals surface area contributed by atoms with Gasteiger partial charge in [-0.15, -0.1) is 0 Å². The summed E-state index contributed by atoms with van der Waals surface area (Å²) in [4.78, 5) is 7.12. The zero-order chi connectivity index (χ0) is 24.0. The van der Waals surface area contributed by atoms with Gasteiger partial charge in [0.1, 0.15) is 11.9 Å². The number of ether oxygens (including phenoxy) is 1. The van der Waals surface area contributed by atoms with Crippen molar-refractivity contribution < 1.29 is 9.13 Å². The average molecular weight is 458 g/mol. The van der Waals surface area contributed by atoms with Gasteiger partial charge >= 0.3 is 0 Å². The molecule has 1 atom stereocenters. The second-order valence-corrected chi connectivity index (χ2v) is 9.85. The number of aryl methyl sites for hydroxylation is 1. The van der Waals surface area contributed by atoms with Crippen molar-refractivity contribution in [2.45, 2.75) is 45.3 Å². The van der Waals surface area contributed by atoms with Crippen LogP contribution in [0.1, 0.15) is 49.1 Å². The fourth-order valence-corrected chi connectivity index (χ4v) is 4.87. The number of hydrogen-bond donors (Lipinski definition) is 0. The second-order valence-electron chi connectivity index (χ2n) is 9.85. The molecular weight excluding hydrogens is 425 g/mol. The monoisotopic (exact) mass is 457 g/mol. The molecule has 1 aliphatic heterocycles. The summed E-state index contributed by atoms with van der Waals surface area (Å²) in [6.07, 6.45) is 4.50. The minimum atomic E-state index is -0.446. The van der Waals surface area contributed by atoms with Gasteiger partial charge in [0.05, 0.1) is 30.0 Å². The normalized spacial score (nSPS) is 18.6. The molecule has 2 heterocycles. The molecule has 0 saturated carbocycles. The van der Waals surface area contributed by atoms with E-state index >= 15 is 0 Å². The van der Waals surface area contributed by atoms with Crippen LogP contribution in [0.4, 0.5) is 4.39 Å². The number of nitriles is 1. The van der Waals surface area contributed by atoms with E-state index < -0.39 is 5.82 Å². The number of nitrogens with zero attached hydrogens (tertiary/aromatic N) is 3. The SMILES string of the molecule is CC(C)(c1ccccn1)N1CC[C@@](CCc2ccc(C#N)c(F)c2)(COCc2ccccc2)C1. The molecule has 0 N–H and O–H groups in total. The van der Waals surface area contributed by atoms with E-state index in [2.05, 4.69) is 41.9 Å². The minimum Gasteiger partial charge on any atom is -0.376 e. The molecule has 4 rings (SSSR count). The molecule has 34 heavy (non-hydrogen) atoms. The Morgan fingerprint density at radius 1 is 1.09 bits per heavy atom. The fraction of sp³-hybridized carbons (Fsp3) is 0.379. The highest BCUT2D eigenvalue weighted by Gasteiger charge is 2.44. The summed E-state index contributed by atoms with van der Waals surface area (Å²) in [5, 5.41) is 9.03. The summed E-state index contributed by atoms with van der Waals surface area (Å²) in [6.45, 7) is 7.54. The lowest BCUT2D eigenvalue weighted by Gasteiger charge is -2.37. The molecule has 0 amide bonds. The Hall–Kier alpha value is -3.07. The smallest absolute Gasteiger partial charge is 0.141 e. The third-order valence-electron chi connectivity index (χ3n) is 7.14. The first kappa shape index (κ1) is 24.1. The lowest BCUT2D eigenvalue weighted by Crippen LogP contribution is -2.43. The molecule has 5 heteroatoms. The van der Waals surface area contributed by atoms with E-state index in [4.69, 9.17) is 10.00 Å². The van der Waals surface area contributed by atoms with Crippen LogP contribution in [0, 0.1) is 22.6 Å². The molecule has 1 aliphatic rings. The zero-order valence-electron chi connectivity index (χ0n) is 20.0. The molecule has 1 aromatic heterocycles. The predicted octanol–water partition coefficient (Wildman–Crippen LogP) is 5.87. The Morgan fingerprint density at radius 3 is 2.59 bits per heavy atom. The van der Waals surface area contributed by atoms with E-state index in [9.17, 15) is 4.39 Å². The molecule has 0 unspecified atom stereocenters. The number of pyridine rings is 1. The number of aromatic nitrogens is 1. The average Bonchev–Trinajstić information content (AvgIpc) is 3.29. The summed E-state index contributed by atoms with van der Waals surface area (Å²) < 4.78 is 20.4. The number of rotatable bonds is 9. The third-order valence-corrected chi connectivity index (χ3v) is 7.14. The number of halogens is 1. The van der Waals surface area contributed by atoms with Crippen molar-refractivity contribution in [1.29, 1.82) is 5.26 Å². The first-order chi connectivity index (χ1) is 16.4. The molecule has 0 radical (unpaired) electrons. The first-order valence-corrected chi connectivity index (χ1v) is 11.9. The molecule has 4 nitrogen and oxygen atoms in total. The maximum atomic E-state index is 14.2. The third kappa shape index (κ3) is 5.52. The lowest BCUT2D eigenvalue weighted by molar-refractivity contribution is 0.0236. The Labute approximate surface area is 202 Å². The van der Waals surface area contributed by atoms with Crippen LogP contribution in [0.5, 0.6) is 0 Å². The van der Waals surface area contributed by atoms with Crippen molar-refractivity contribution in [2.75, 3.05) is 19.7 Å². The molecule has 1 fully saturated rings. The predicted molar refractivity (Wildman–Crippen MR) is 131 cm³/mol. The Balaban J connectivity index is 1.49. The summed E-state index contributed by atoms with van der Waals surface area (Å²) >= 11 is 0. The van der Waals surface area contributed by atoms with E-state index in [1.54, 1.807) is 6.07 Å². The summed E-state index contributed by atoms with van der Waals surface area (Å²) in [7, 11) is 0. The van der Waals surface area contributed by atoms with Crippen molar-refractivity contribution in [3.63, 3.8) is 0 Å². The van der Waals surface area contributed by atoms with Crippen LogP contribution in [0.2, 0.25) is 0 Å². The van der Waals surface area contributed by atoms with E-state index in [0.29, 0.717) is 13.2 Å². The molecule has 176 valence electrons. The maximum absolute atomic E-state index is 14.2. The fourth-order valence-electron chi connectivity index (χ4n) is 4.87. The quantitative estimate of drug-likeness (QED) is 0.403. The Kier molecular flexibility index (Phi) is 7.41. The maximum Gasteiger partial charge on any atom is 0.141 e. The molecule has 3 aromatic rings. The molecule has 2 aromatic carbocycles. The Bertz CT molecular complexity index is 1130. The zero-order valence-corrected chi connectivity index (χ0v) is 20.0. The van der Waals surface area contributed by atoms with Crippen molar-refractivity contribution in [3.05, 3.63) is 101 Å². The Morgan fingerprint density at radius 2 is 1.88 bits per heavy atom. The van der Waals surface area contributed by atoms with Gasteiger partial charge in [0.15, 0.2) is 0 Å². The molecule has 0 bridgehead atoms.